The third kappa shape index (κ3) is 7.13. The van der Waals surface area contributed by atoms with Gasteiger partial charge in [0.05, 0.1) is 17.2 Å². The first-order valence-corrected chi connectivity index (χ1v) is 13.2. The van der Waals surface area contributed by atoms with Crippen LogP contribution in [0.2, 0.25) is 0 Å². The van der Waals surface area contributed by atoms with Gasteiger partial charge in [-0.15, -0.1) is 0 Å². The minimum absolute atomic E-state index is 0.00809. The number of fused-ring (bicyclic) bond motifs is 1. The molecule has 0 radical (unpaired) electrons. The van der Waals surface area contributed by atoms with Gasteiger partial charge in [-0.2, -0.15) is 13.2 Å². The second-order valence-corrected chi connectivity index (χ2v) is 10.2. The summed E-state index contributed by atoms with van der Waals surface area (Å²) in [7, 11) is 0. The number of alkyl halides is 3. The maximum Gasteiger partial charge on any atom is 0.405 e. The van der Waals surface area contributed by atoms with Crippen molar-refractivity contribution in [3.63, 3.8) is 0 Å². The smallest absolute Gasteiger partial charge is 0.405 e. The molecule has 1 aliphatic rings. The Morgan fingerprint density at radius 2 is 1.93 bits per heavy atom. The van der Waals surface area contributed by atoms with Gasteiger partial charge in [0.1, 0.15) is 23.8 Å². The van der Waals surface area contributed by atoms with Crippen LogP contribution in [0.4, 0.5) is 19.0 Å². The number of rotatable bonds is 10. The lowest BCUT2D eigenvalue weighted by atomic mass is 10.0. The number of pyridine rings is 2. The summed E-state index contributed by atoms with van der Waals surface area (Å²) in [6.45, 7) is 2.57. The van der Waals surface area contributed by atoms with E-state index in [4.69, 9.17) is 4.74 Å². The van der Waals surface area contributed by atoms with Crippen LogP contribution in [-0.2, 0) is 6.54 Å². The van der Waals surface area contributed by atoms with Crippen molar-refractivity contribution in [2.45, 2.75) is 51.6 Å². The van der Waals surface area contributed by atoms with Gasteiger partial charge in [0.2, 0.25) is 0 Å². The molecule has 9 nitrogen and oxygen atoms in total. The van der Waals surface area contributed by atoms with E-state index in [9.17, 15) is 22.8 Å². The van der Waals surface area contributed by atoms with E-state index in [0.29, 0.717) is 17.0 Å². The van der Waals surface area contributed by atoms with Crippen molar-refractivity contribution in [3.8, 4) is 16.9 Å². The van der Waals surface area contributed by atoms with Crippen molar-refractivity contribution in [2.75, 3.05) is 11.9 Å². The topological polar surface area (TPSA) is 121 Å². The first-order valence-electron chi connectivity index (χ1n) is 13.2. The normalized spacial score (nSPS) is 13.3. The first kappa shape index (κ1) is 27.9. The highest BCUT2D eigenvalue weighted by atomic mass is 19.4. The lowest BCUT2D eigenvalue weighted by Gasteiger charge is -2.15. The van der Waals surface area contributed by atoms with Crippen LogP contribution in [0, 0.1) is 0 Å². The molecule has 3 heterocycles. The molecule has 0 atom stereocenters. The minimum atomic E-state index is -4.53. The Labute approximate surface area is 233 Å². The van der Waals surface area contributed by atoms with E-state index in [-0.39, 0.29) is 36.0 Å². The number of hydrogen-bond donors (Lipinski definition) is 4. The predicted molar refractivity (Wildman–Crippen MR) is 148 cm³/mol. The van der Waals surface area contributed by atoms with Crippen LogP contribution in [0.1, 0.15) is 53.0 Å². The summed E-state index contributed by atoms with van der Waals surface area (Å²) in [5, 5.41) is 8.69. The second kappa shape index (κ2) is 11.5. The standard InChI is InChI=1S/C29H29F3N6O3/c1-16(2)41-21-9-17(12-34-25-22(4-3-7-33-25)28(40)37-15-29(30,31)32)8-18(10-21)24-14-36-26-23(24)11-19(13-35-26)27(39)38-20-5-6-20/h3-4,7-11,13-14,16,20H,5-6,12,15H2,1-2H3,(H,33,34)(H,35,36)(H,37,40)(H,38,39). The Kier molecular flexibility index (Phi) is 7.82. The summed E-state index contributed by atoms with van der Waals surface area (Å²) in [6.07, 6.45) is 2.13. The highest BCUT2D eigenvalue weighted by Gasteiger charge is 2.28. The van der Waals surface area contributed by atoms with Crippen LogP contribution in [-0.4, -0.2) is 51.6 Å². The molecular weight excluding hydrogens is 537 g/mol. The summed E-state index contributed by atoms with van der Waals surface area (Å²) in [6, 6.07) is 10.6. The number of carbonyl (C=O) groups is 2. The Hall–Kier alpha value is -4.61. The number of anilines is 1. The van der Waals surface area contributed by atoms with E-state index in [1.54, 1.807) is 12.3 Å². The fraction of sp³-hybridized carbons (Fsp3) is 0.310. The van der Waals surface area contributed by atoms with E-state index in [1.165, 1.54) is 18.3 Å². The number of benzene rings is 1. The second-order valence-electron chi connectivity index (χ2n) is 10.2. The summed E-state index contributed by atoms with van der Waals surface area (Å²) < 4.78 is 43.8. The molecule has 1 aliphatic carbocycles. The molecule has 41 heavy (non-hydrogen) atoms. The van der Waals surface area contributed by atoms with Gasteiger partial charge in [-0.05, 0) is 74.2 Å². The molecule has 12 heteroatoms. The number of aromatic nitrogens is 3. The Morgan fingerprint density at radius 1 is 1.12 bits per heavy atom. The molecule has 4 aromatic rings. The van der Waals surface area contributed by atoms with Crippen LogP contribution in [0.5, 0.6) is 5.75 Å². The third-order valence-electron chi connectivity index (χ3n) is 6.32. The van der Waals surface area contributed by atoms with Crippen LogP contribution in [0.3, 0.4) is 0 Å². The highest BCUT2D eigenvalue weighted by molar-refractivity contribution is 6.01. The minimum Gasteiger partial charge on any atom is -0.491 e. The third-order valence-corrected chi connectivity index (χ3v) is 6.32. The molecule has 2 amide bonds. The molecule has 1 aromatic carbocycles. The lowest BCUT2D eigenvalue weighted by molar-refractivity contribution is -0.123. The van der Waals surface area contributed by atoms with Crippen molar-refractivity contribution in [3.05, 3.63) is 71.7 Å². The number of halogens is 3. The molecule has 0 spiro atoms. The van der Waals surface area contributed by atoms with Crippen molar-refractivity contribution in [1.82, 2.24) is 25.6 Å². The number of nitrogens with one attached hydrogen (secondary N) is 4. The molecule has 5 rings (SSSR count). The monoisotopic (exact) mass is 566 g/mol. The predicted octanol–water partition coefficient (Wildman–Crippen LogP) is 5.21. The zero-order chi connectivity index (χ0) is 29.1. The van der Waals surface area contributed by atoms with E-state index >= 15 is 0 Å². The molecular formula is C29H29F3N6O3. The molecule has 214 valence electrons. The summed E-state index contributed by atoms with van der Waals surface area (Å²) in [5.74, 6) is -0.306. The number of amides is 2. The average molecular weight is 567 g/mol. The fourth-order valence-electron chi connectivity index (χ4n) is 4.31. The van der Waals surface area contributed by atoms with Gasteiger partial charge in [0, 0.05) is 42.1 Å². The lowest BCUT2D eigenvalue weighted by Crippen LogP contribution is -2.34. The number of ether oxygens (including phenoxy) is 1. The van der Waals surface area contributed by atoms with Crippen LogP contribution in [0.25, 0.3) is 22.2 Å². The van der Waals surface area contributed by atoms with E-state index in [2.05, 4.69) is 25.6 Å². The largest absolute Gasteiger partial charge is 0.491 e. The molecule has 0 saturated heterocycles. The number of aromatic amines is 1. The quantitative estimate of drug-likeness (QED) is 0.209. The van der Waals surface area contributed by atoms with E-state index in [0.717, 1.165) is 34.9 Å². The number of nitrogens with zero attached hydrogens (tertiary/aromatic N) is 2. The Bertz CT molecular complexity index is 1580. The molecule has 4 N–H and O–H groups in total. The van der Waals surface area contributed by atoms with Gasteiger partial charge in [0.25, 0.3) is 11.8 Å². The zero-order valence-electron chi connectivity index (χ0n) is 22.4. The molecule has 1 fully saturated rings. The van der Waals surface area contributed by atoms with Crippen molar-refractivity contribution in [1.29, 1.82) is 0 Å². The van der Waals surface area contributed by atoms with Gasteiger partial charge in [-0.25, -0.2) is 9.97 Å². The van der Waals surface area contributed by atoms with Crippen LogP contribution < -0.4 is 20.7 Å². The molecule has 0 unspecified atom stereocenters. The highest BCUT2D eigenvalue weighted by Crippen LogP contribution is 2.33. The van der Waals surface area contributed by atoms with Crippen LogP contribution in [0.15, 0.2) is 55.0 Å². The Morgan fingerprint density at radius 3 is 2.66 bits per heavy atom. The van der Waals surface area contributed by atoms with Crippen molar-refractivity contribution < 1.29 is 27.5 Å². The zero-order valence-corrected chi connectivity index (χ0v) is 22.4. The maximum absolute atomic E-state index is 12.6. The van der Waals surface area contributed by atoms with E-state index in [1.807, 2.05) is 43.6 Å². The van der Waals surface area contributed by atoms with Crippen molar-refractivity contribution >= 4 is 28.7 Å². The fourth-order valence-corrected chi connectivity index (χ4v) is 4.31. The number of carbonyl (C=O) groups excluding carboxylic acids is 2. The molecule has 1 saturated carbocycles. The van der Waals surface area contributed by atoms with E-state index < -0.39 is 18.6 Å². The summed E-state index contributed by atoms with van der Waals surface area (Å²) in [5.41, 5.74) is 3.47. The SMILES string of the molecule is CC(C)Oc1cc(CNc2ncccc2C(=O)NCC(F)(F)F)cc(-c2c[nH]c3ncc(C(=O)NC4CC4)cc23)c1. The maximum atomic E-state index is 12.6. The van der Waals surface area contributed by atoms with Gasteiger partial charge >= 0.3 is 6.18 Å². The molecule has 3 aromatic heterocycles. The molecule has 0 bridgehead atoms. The first-order chi connectivity index (χ1) is 19.6. The summed E-state index contributed by atoms with van der Waals surface area (Å²) in [4.78, 5) is 36.8. The van der Waals surface area contributed by atoms with Gasteiger partial charge < -0.3 is 25.7 Å². The van der Waals surface area contributed by atoms with Crippen molar-refractivity contribution in [2.24, 2.45) is 0 Å². The number of hydrogen-bond acceptors (Lipinski definition) is 6. The Balaban J connectivity index is 1.42. The van der Waals surface area contributed by atoms with Crippen LogP contribution >= 0.6 is 0 Å². The van der Waals surface area contributed by atoms with Gasteiger partial charge in [-0.3, -0.25) is 9.59 Å². The van der Waals surface area contributed by atoms with Gasteiger partial charge in [0.15, 0.2) is 0 Å². The summed E-state index contributed by atoms with van der Waals surface area (Å²) >= 11 is 0. The number of H-pyrrole nitrogens is 1. The average Bonchev–Trinajstić information content (AvgIpc) is 3.64. The van der Waals surface area contributed by atoms with Gasteiger partial charge in [-0.1, -0.05) is 0 Å². The molecule has 0 aliphatic heterocycles.